The molecule has 1 unspecified atom stereocenters. The lowest BCUT2D eigenvalue weighted by molar-refractivity contribution is 0.0766. The number of hydrogen-bond donors (Lipinski definition) is 2. The highest BCUT2D eigenvalue weighted by Gasteiger charge is 2.18. The highest BCUT2D eigenvalue weighted by Crippen LogP contribution is 2.27. The van der Waals surface area contributed by atoms with Crippen molar-refractivity contribution in [1.82, 2.24) is 4.90 Å². The third-order valence-electron chi connectivity index (χ3n) is 2.49. The number of benzene rings is 1. The maximum atomic E-state index is 12.2. The lowest BCUT2D eigenvalue weighted by Crippen LogP contribution is -2.29. The molecule has 0 fully saturated rings. The summed E-state index contributed by atoms with van der Waals surface area (Å²) in [6.45, 7) is 2.14. The molecule has 0 aliphatic carbocycles. The average Bonchev–Trinajstić information content (AvgIpc) is 2.29. The quantitative estimate of drug-likeness (QED) is 0.659. The first-order valence-corrected chi connectivity index (χ1v) is 7.60. The number of aliphatic hydroxyl groups excluding tert-OH is 1. The largest absolute Gasteiger partial charge is 0.506 e. The van der Waals surface area contributed by atoms with Gasteiger partial charge in [0, 0.05) is 17.2 Å². The number of halogens is 2. The number of rotatable bonds is 4. The Morgan fingerprint density at radius 1 is 1.44 bits per heavy atom. The second kappa shape index (κ2) is 6.90. The smallest absolute Gasteiger partial charge is 0.257 e. The maximum absolute atomic E-state index is 12.2. The van der Waals surface area contributed by atoms with Crippen molar-refractivity contribution in [2.24, 2.45) is 0 Å². The molecule has 4 nitrogen and oxygen atoms in total. The molecule has 0 heterocycles. The number of carbonyl (C=O) groups excluding carboxylic acids is 1. The monoisotopic (exact) mass is 475 g/mol. The summed E-state index contributed by atoms with van der Waals surface area (Å²) in [5, 5.41) is 19.1. The van der Waals surface area contributed by atoms with Crippen LogP contribution in [0.5, 0.6) is 5.75 Å². The number of phenols is 1. The number of amides is 1. The van der Waals surface area contributed by atoms with Crippen LogP contribution in [0.15, 0.2) is 12.1 Å². The average molecular weight is 475 g/mol. The topological polar surface area (TPSA) is 60.8 Å². The Morgan fingerprint density at radius 3 is 2.61 bits per heavy atom. The van der Waals surface area contributed by atoms with Gasteiger partial charge in [-0.2, -0.15) is 0 Å². The van der Waals surface area contributed by atoms with Crippen molar-refractivity contribution in [3.8, 4) is 5.75 Å². The molecule has 0 saturated carbocycles. The molecule has 6 heteroatoms. The number of nitrogens with zero attached hydrogens (tertiary/aromatic N) is 1. The summed E-state index contributed by atoms with van der Waals surface area (Å²) in [5.41, 5.74) is 0.305. The number of aliphatic hydroxyl groups is 1. The Bertz CT molecular complexity index is 449. The number of phenolic OH excluding ortho intramolecular Hbond substituents is 1. The van der Waals surface area contributed by atoms with Crippen LogP contribution in [0, 0.1) is 7.14 Å². The predicted molar refractivity (Wildman–Crippen MR) is 86.8 cm³/mol. The van der Waals surface area contributed by atoms with Crippen molar-refractivity contribution in [1.29, 1.82) is 0 Å². The van der Waals surface area contributed by atoms with Crippen LogP contribution >= 0.6 is 45.2 Å². The minimum atomic E-state index is -0.440. The van der Waals surface area contributed by atoms with Crippen LogP contribution < -0.4 is 0 Å². The molecule has 1 aromatic carbocycles. The number of carbonyl (C=O) groups is 1. The summed E-state index contributed by atoms with van der Waals surface area (Å²) >= 11 is 4.11. The standard InChI is InChI=1S/C12H15I2NO3/c1-7(16)3-4-15(2)12(18)9-5-8(13)6-10(14)11(9)17/h5-7,16-17H,3-4H2,1-2H3. The third-order valence-corrected chi connectivity index (χ3v) is 3.93. The number of hydrogen-bond acceptors (Lipinski definition) is 3. The Morgan fingerprint density at radius 2 is 2.06 bits per heavy atom. The van der Waals surface area contributed by atoms with Gasteiger partial charge in [-0.3, -0.25) is 4.79 Å². The van der Waals surface area contributed by atoms with Gasteiger partial charge in [-0.1, -0.05) is 0 Å². The van der Waals surface area contributed by atoms with Gasteiger partial charge in [0.25, 0.3) is 5.91 Å². The first-order chi connectivity index (χ1) is 8.32. The molecule has 0 aliphatic rings. The van der Waals surface area contributed by atoms with Crippen molar-refractivity contribution in [2.45, 2.75) is 19.4 Å². The van der Waals surface area contributed by atoms with Crippen molar-refractivity contribution in [3.05, 3.63) is 24.8 Å². The van der Waals surface area contributed by atoms with E-state index in [1.807, 2.05) is 28.7 Å². The van der Waals surface area contributed by atoms with Crippen molar-refractivity contribution < 1.29 is 15.0 Å². The van der Waals surface area contributed by atoms with Crippen LogP contribution in [0.2, 0.25) is 0 Å². The molecule has 18 heavy (non-hydrogen) atoms. The summed E-state index contributed by atoms with van der Waals surface area (Å²) < 4.78 is 1.56. The minimum Gasteiger partial charge on any atom is -0.506 e. The Balaban J connectivity index is 2.90. The van der Waals surface area contributed by atoms with E-state index in [-0.39, 0.29) is 11.7 Å². The van der Waals surface area contributed by atoms with Gasteiger partial charge < -0.3 is 15.1 Å². The molecular formula is C12H15I2NO3. The van der Waals surface area contributed by atoms with Gasteiger partial charge >= 0.3 is 0 Å². The highest BCUT2D eigenvalue weighted by atomic mass is 127. The first-order valence-electron chi connectivity index (χ1n) is 5.44. The second-order valence-corrected chi connectivity index (χ2v) is 6.56. The molecular weight excluding hydrogens is 460 g/mol. The van der Waals surface area contributed by atoms with Crippen LogP contribution in [0.25, 0.3) is 0 Å². The predicted octanol–water partition coefficient (Wildman–Crippen LogP) is 2.44. The fourth-order valence-corrected chi connectivity index (χ4v) is 3.26. The molecule has 0 radical (unpaired) electrons. The van der Waals surface area contributed by atoms with E-state index in [9.17, 15) is 15.0 Å². The van der Waals surface area contributed by atoms with Crippen molar-refractivity contribution >= 4 is 51.1 Å². The number of aromatic hydroxyl groups is 1. The summed E-state index contributed by atoms with van der Waals surface area (Å²) in [7, 11) is 1.66. The zero-order chi connectivity index (χ0) is 13.9. The van der Waals surface area contributed by atoms with E-state index < -0.39 is 6.10 Å². The fraction of sp³-hybridized carbons (Fsp3) is 0.417. The maximum Gasteiger partial charge on any atom is 0.257 e. The molecule has 2 N–H and O–H groups in total. The molecule has 1 atom stereocenters. The molecule has 0 aromatic heterocycles. The molecule has 0 spiro atoms. The molecule has 0 saturated heterocycles. The van der Waals surface area contributed by atoms with Gasteiger partial charge in [-0.25, -0.2) is 0 Å². The molecule has 0 aliphatic heterocycles. The van der Waals surface area contributed by atoms with E-state index in [0.29, 0.717) is 22.1 Å². The van der Waals surface area contributed by atoms with Gasteiger partial charge in [-0.15, -0.1) is 0 Å². The third kappa shape index (κ3) is 4.23. The van der Waals surface area contributed by atoms with E-state index in [0.717, 1.165) is 3.57 Å². The van der Waals surface area contributed by atoms with Crippen LogP contribution in [0.3, 0.4) is 0 Å². The van der Waals surface area contributed by atoms with E-state index in [4.69, 9.17) is 0 Å². The van der Waals surface area contributed by atoms with E-state index in [1.165, 1.54) is 4.90 Å². The lowest BCUT2D eigenvalue weighted by atomic mass is 10.1. The lowest BCUT2D eigenvalue weighted by Gasteiger charge is -2.19. The van der Waals surface area contributed by atoms with E-state index in [1.54, 1.807) is 20.0 Å². The normalized spacial score (nSPS) is 12.3. The summed E-state index contributed by atoms with van der Waals surface area (Å²) in [5.74, 6) is -0.213. The van der Waals surface area contributed by atoms with Crippen LogP contribution in [-0.4, -0.2) is 40.7 Å². The molecule has 0 bridgehead atoms. The Hall–Kier alpha value is -0.0900. The SMILES string of the molecule is CC(O)CCN(C)C(=O)c1cc(I)cc(I)c1O. The molecule has 1 amide bonds. The van der Waals surface area contributed by atoms with Crippen LogP contribution in [0.4, 0.5) is 0 Å². The summed E-state index contributed by atoms with van der Waals surface area (Å²) in [4.78, 5) is 13.7. The van der Waals surface area contributed by atoms with Gasteiger partial charge in [-0.05, 0) is 70.7 Å². The van der Waals surface area contributed by atoms with Gasteiger partial charge in [0.15, 0.2) is 0 Å². The molecule has 1 aromatic rings. The first kappa shape index (κ1) is 16.0. The zero-order valence-corrected chi connectivity index (χ0v) is 14.5. The zero-order valence-electron chi connectivity index (χ0n) is 10.2. The Kier molecular flexibility index (Phi) is 6.12. The van der Waals surface area contributed by atoms with Gasteiger partial charge in [0.1, 0.15) is 5.75 Å². The molecule has 1 rings (SSSR count). The van der Waals surface area contributed by atoms with Crippen LogP contribution in [-0.2, 0) is 0 Å². The van der Waals surface area contributed by atoms with Crippen LogP contribution in [0.1, 0.15) is 23.7 Å². The highest BCUT2D eigenvalue weighted by molar-refractivity contribution is 14.1. The van der Waals surface area contributed by atoms with Gasteiger partial charge in [0.2, 0.25) is 0 Å². The summed E-state index contributed by atoms with van der Waals surface area (Å²) in [6.07, 6.45) is 0.0780. The van der Waals surface area contributed by atoms with Crippen molar-refractivity contribution in [3.63, 3.8) is 0 Å². The van der Waals surface area contributed by atoms with Gasteiger partial charge in [0.05, 0.1) is 15.2 Å². The van der Waals surface area contributed by atoms with Crippen molar-refractivity contribution in [2.75, 3.05) is 13.6 Å². The minimum absolute atomic E-state index is 0.0184. The second-order valence-electron chi connectivity index (χ2n) is 4.15. The van der Waals surface area contributed by atoms with E-state index in [2.05, 4.69) is 22.6 Å². The molecule has 100 valence electrons. The van der Waals surface area contributed by atoms with E-state index >= 15 is 0 Å². The summed E-state index contributed by atoms with van der Waals surface area (Å²) in [6, 6.07) is 3.47. The Labute approximate surface area is 134 Å². The fourth-order valence-electron chi connectivity index (χ4n) is 1.42.